The minimum absolute atomic E-state index is 0.122. The third kappa shape index (κ3) is 2.63. The molecule has 19 heavy (non-hydrogen) atoms. The second kappa shape index (κ2) is 5.28. The first-order valence-electron chi connectivity index (χ1n) is 7.15. The number of benzene rings is 1. The predicted octanol–water partition coefficient (Wildman–Crippen LogP) is 3.84. The third-order valence-electron chi connectivity index (χ3n) is 4.34. The Balaban J connectivity index is 2.16. The topological polar surface area (TPSA) is 20.1 Å². The molecule has 0 aliphatic carbocycles. The molecule has 1 aromatic rings. The zero-order valence-electron chi connectivity index (χ0n) is 12.5. The van der Waals surface area contributed by atoms with E-state index < -0.39 is 0 Å². The number of Topliss-reactive ketones (excluding diaryl/α,β-unsaturated/α-hetero) is 1. The van der Waals surface area contributed by atoms with Crippen LogP contribution in [0.3, 0.4) is 0 Å². The molecule has 2 heteroatoms. The minimum atomic E-state index is 0.122. The molecule has 102 valence electrons. The van der Waals surface area contributed by atoms with Crippen LogP contribution in [0.25, 0.3) is 0 Å². The van der Waals surface area contributed by atoms with Gasteiger partial charge in [0.25, 0.3) is 0 Å². The molecule has 1 aliphatic heterocycles. The standard InChI is InChI=1S/C17H24NO/c1-13(19)9-7-8-12-18-14(2)17(3,4)15-10-5-6-11-16(15)18/h5-6,10-11H,7-9,12H2,1-4H3/q+1. The van der Waals surface area contributed by atoms with Gasteiger partial charge in [-0.05, 0) is 27.2 Å². The van der Waals surface area contributed by atoms with Crippen LogP contribution in [0.5, 0.6) is 0 Å². The largest absolute Gasteiger partial charge is 0.300 e. The molecule has 0 saturated carbocycles. The number of carbonyl (C=O) groups is 1. The summed E-state index contributed by atoms with van der Waals surface area (Å²) in [6.45, 7) is 9.49. The highest BCUT2D eigenvalue weighted by Gasteiger charge is 2.42. The maximum Gasteiger partial charge on any atom is 0.209 e. The zero-order chi connectivity index (χ0) is 14.0. The molecule has 0 bridgehead atoms. The Bertz CT molecular complexity index is 526. The van der Waals surface area contributed by atoms with Crippen molar-refractivity contribution in [1.29, 1.82) is 0 Å². The van der Waals surface area contributed by atoms with Crippen molar-refractivity contribution in [2.24, 2.45) is 0 Å². The highest BCUT2D eigenvalue weighted by Crippen LogP contribution is 2.39. The third-order valence-corrected chi connectivity index (χ3v) is 4.34. The van der Waals surface area contributed by atoms with Gasteiger partial charge in [0.2, 0.25) is 5.69 Å². The molecule has 0 amide bonds. The lowest BCUT2D eigenvalue weighted by Gasteiger charge is -2.14. The van der Waals surface area contributed by atoms with Crippen LogP contribution in [0, 0.1) is 0 Å². The highest BCUT2D eigenvalue weighted by atomic mass is 16.1. The molecular formula is C17H24NO+. The van der Waals surface area contributed by atoms with E-state index in [1.807, 2.05) is 0 Å². The summed E-state index contributed by atoms with van der Waals surface area (Å²) in [5.74, 6) is 0.294. The van der Waals surface area contributed by atoms with Crippen molar-refractivity contribution >= 4 is 17.2 Å². The number of carbonyl (C=O) groups excluding carboxylic acids is 1. The highest BCUT2D eigenvalue weighted by molar-refractivity contribution is 5.93. The van der Waals surface area contributed by atoms with E-state index in [0.717, 1.165) is 19.4 Å². The Morgan fingerprint density at radius 1 is 1.21 bits per heavy atom. The Morgan fingerprint density at radius 3 is 2.58 bits per heavy atom. The monoisotopic (exact) mass is 258 g/mol. The second-order valence-corrected chi connectivity index (χ2v) is 6.04. The quantitative estimate of drug-likeness (QED) is 0.580. The van der Waals surface area contributed by atoms with Crippen molar-refractivity contribution in [1.82, 2.24) is 0 Å². The van der Waals surface area contributed by atoms with Gasteiger partial charge < -0.3 is 4.79 Å². The number of unbranched alkanes of at least 4 members (excludes halogenated alkanes) is 1. The number of ketones is 1. The van der Waals surface area contributed by atoms with Gasteiger partial charge >= 0.3 is 0 Å². The van der Waals surface area contributed by atoms with Gasteiger partial charge in [-0.2, -0.15) is 4.58 Å². The van der Waals surface area contributed by atoms with Crippen LogP contribution >= 0.6 is 0 Å². The average molecular weight is 258 g/mol. The van der Waals surface area contributed by atoms with E-state index in [9.17, 15) is 4.79 Å². The van der Waals surface area contributed by atoms with E-state index >= 15 is 0 Å². The number of rotatable bonds is 5. The van der Waals surface area contributed by atoms with Crippen LogP contribution in [-0.4, -0.2) is 22.6 Å². The van der Waals surface area contributed by atoms with Crippen molar-refractivity contribution in [3.8, 4) is 0 Å². The van der Waals surface area contributed by atoms with Crippen molar-refractivity contribution in [2.75, 3.05) is 6.54 Å². The summed E-state index contributed by atoms with van der Waals surface area (Å²) >= 11 is 0. The van der Waals surface area contributed by atoms with Gasteiger partial charge in [0.1, 0.15) is 12.3 Å². The lowest BCUT2D eigenvalue weighted by Crippen LogP contribution is -2.26. The van der Waals surface area contributed by atoms with Gasteiger partial charge in [0.05, 0.1) is 5.41 Å². The number of fused-ring (bicyclic) bond motifs is 1. The molecule has 2 nitrogen and oxygen atoms in total. The Hall–Kier alpha value is -1.44. The SMILES string of the molecule is CC(=O)CCCC[N+]1=C(C)C(C)(C)c2ccccc21. The molecule has 0 aromatic heterocycles. The molecule has 0 radical (unpaired) electrons. The molecular weight excluding hydrogens is 234 g/mol. The van der Waals surface area contributed by atoms with E-state index in [1.54, 1.807) is 6.92 Å². The minimum Gasteiger partial charge on any atom is -0.300 e. The normalized spacial score (nSPS) is 16.6. The van der Waals surface area contributed by atoms with Crippen molar-refractivity contribution < 1.29 is 9.37 Å². The molecule has 2 rings (SSSR count). The maximum atomic E-state index is 11.0. The first kappa shape index (κ1) is 14.0. The van der Waals surface area contributed by atoms with E-state index in [-0.39, 0.29) is 5.41 Å². The lowest BCUT2D eigenvalue weighted by atomic mass is 9.82. The molecule has 1 aliphatic rings. The van der Waals surface area contributed by atoms with Crippen LogP contribution in [0.4, 0.5) is 5.69 Å². The molecule has 0 N–H and O–H groups in total. The summed E-state index contributed by atoms with van der Waals surface area (Å²) < 4.78 is 2.43. The second-order valence-electron chi connectivity index (χ2n) is 6.04. The van der Waals surface area contributed by atoms with Crippen LogP contribution in [-0.2, 0) is 10.2 Å². The number of hydrogen-bond donors (Lipinski definition) is 0. The van der Waals surface area contributed by atoms with E-state index in [2.05, 4.69) is 49.6 Å². The average Bonchev–Trinajstić information content (AvgIpc) is 2.55. The van der Waals surface area contributed by atoms with Crippen LogP contribution < -0.4 is 0 Å². The summed E-state index contributed by atoms with van der Waals surface area (Å²) in [5, 5.41) is 0. The first-order chi connectivity index (χ1) is 8.94. The van der Waals surface area contributed by atoms with Gasteiger partial charge in [-0.15, -0.1) is 0 Å². The predicted molar refractivity (Wildman–Crippen MR) is 79.5 cm³/mol. The number of hydrogen-bond acceptors (Lipinski definition) is 1. The lowest BCUT2D eigenvalue weighted by molar-refractivity contribution is -0.439. The zero-order valence-corrected chi connectivity index (χ0v) is 12.5. The van der Waals surface area contributed by atoms with Crippen LogP contribution in [0.2, 0.25) is 0 Å². The van der Waals surface area contributed by atoms with Crippen molar-refractivity contribution in [3.05, 3.63) is 29.8 Å². The van der Waals surface area contributed by atoms with Gasteiger partial charge in [0, 0.05) is 31.4 Å². The molecule has 1 aromatic carbocycles. The summed E-state index contributed by atoms with van der Waals surface area (Å²) in [7, 11) is 0. The molecule has 0 unspecified atom stereocenters. The van der Waals surface area contributed by atoms with Gasteiger partial charge in [0.15, 0.2) is 5.71 Å². The smallest absolute Gasteiger partial charge is 0.209 e. The van der Waals surface area contributed by atoms with Gasteiger partial charge in [-0.1, -0.05) is 18.2 Å². The van der Waals surface area contributed by atoms with E-state index in [1.165, 1.54) is 17.0 Å². The summed E-state index contributed by atoms with van der Waals surface area (Å²) in [6, 6.07) is 8.66. The molecule has 0 fully saturated rings. The molecule has 1 heterocycles. The van der Waals surface area contributed by atoms with E-state index in [0.29, 0.717) is 12.2 Å². The fraction of sp³-hybridized carbons (Fsp3) is 0.529. The van der Waals surface area contributed by atoms with Gasteiger partial charge in [-0.25, -0.2) is 0 Å². The summed E-state index contributed by atoms with van der Waals surface area (Å²) in [6.07, 6.45) is 2.76. The first-order valence-corrected chi connectivity index (χ1v) is 7.15. The Labute approximate surface area is 116 Å². The fourth-order valence-corrected chi connectivity index (χ4v) is 2.88. The maximum absolute atomic E-state index is 11.0. The molecule has 0 spiro atoms. The van der Waals surface area contributed by atoms with Crippen molar-refractivity contribution in [3.63, 3.8) is 0 Å². The van der Waals surface area contributed by atoms with E-state index in [4.69, 9.17) is 0 Å². The molecule has 0 saturated heterocycles. The van der Waals surface area contributed by atoms with Crippen molar-refractivity contribution in [2.45, 2.75) is 52.4 Å². The Morgan fingerprint density at radius 2 is 1.89 bits per heavy atom. The Kier molecular flexibility index (Phi) is 3.88. The number of nitrogens with zero attached hydrogens (tertiary/aromatic N) is 1. The summed E-state index contributed by atoms with van der Waals surface area (Å²) in [5.41, 5.74) is 4.29. The number of para-hydroxylation sites is 1. The summed E-state index contributed by atoms with van der Waals surface area (Å²) in [4.78, 5) is 11.0. The molecule has 0 atom stereocenters. The fourth-order valence-electron chi connectivity index (χ4n) is 2.88. The van der Waals surface area contributed by atoms with Gasteiger partial charge in [-0.3, -0.25) is 0 Å². The van der Waals surface area contributed by atoms with Crippen LogP contribution in [0.1, 0.15) is 52.5 Å². The van der Waals surface area contributed by atoms with Crippen LogP contribution in [0.15, 0.2) is 24.3 Å².